The Labute approximate surface area is 394 Å². The number of rotatable bonds is 28. The molecule has 386 valence electrons. The average molecular weight is 1050 g/mol. The van der Waals surface area contributed by atoms with Crippen LogP contribution in [0.25, 0.3) is 11.2 Å². The molecule has 0 aromatic carbocycles. The summed E-state index contributed by atoms with van der Waals surface area (Å²) in [5.41, 5.74) is 4.04. The summed E-state index contributed by atoms with van der Waals surface area (Å²) in [6.45, 7) is 2.11. The van der Waals surface area contributed by atoms with Gasteiger partial charge in [-0.2, -0.15) is 0 Å². The molecule has 28 nitrogen and oxygen atoms in total. The van der Waals surface area contributed by atoms with Gasteiger partial charge in [-0.1, -0.05) is 44.5 Å². The minimum absolute atomic E-state index is 0.0288. The molecule has 8 N–H and O–H groups in total. The highest BCUT2D eigenvalue weighted by atomic mass is 32.2. The van der Waals surface area contributed by atoms with Gasteiger partial charge in [-0.3, -0.25) is 28.1 Å². The van der Waals surface area contributed by atoms with Crippen LogP contribution >= 0.6 is 35.2 Å². The number of hydrogen-bond acceptors (Lipinski definition) is 26. The van der Waals surface area contributed by atoms with Crippen molar-refractivity contribution < 1.29 is 100 Å². The molecule has 4 rings (SSSR count). The van der Waals surface area contributed by atoms with Crippen LogP contribution in [0.5, 0.6) is 0 Å². The van der Waals surface area contributed by atoms with E-state index in [1.165, 1.54) is 19.9 Å². The van der Waals surface area contributed by atoms with Crippen LogP contribution < -0.4 is 35.9 Å². The monoisotopic (exact) mass is 1050 g/mol. The van der Waals surface area contributed by atoms with E-state index in [2.05, 4.69) is 43.5 Å². The molecular weight excluding hydrogens is 991 g/mol. The second-order valence-electron chi connectivity index (χ2n) is 16.2. The number of imidazole rings is 1. The Morgan fingerprint density at radius 1 is 1.00 bits per heavy atom. The number of nitrogens with two attached hydrogens (primary N) is 1. The molecule has 2 aliphatic heterocycles. The maximum absolute atomic E-state index is 12.6. The first-order valence-corrected chi connectivity index (χ1v) is 26.4. The van der Waals surface area contributed by atoms with E-state index in [-0.39, 0.29) is 53.8 Å². The number of aromatic nitrogens is 4. The number of fused-ring (bicyclic) bond motifs is 1. The lowest BCUT2D eigenvalue weighted by Gasteiger charge is -2.36. The maximum atomic E-state index is 12.6. The van der Waals surface area contributed by atoms with Crippen molar-refractivity contribution in [1.82, 2.24) is 30.2 Å². The quantitative estimate of drug-likeness (QED) is 0.0263. The molecule has 68 heavy (non-hydrogen) atoms. The summed E-state index contributed by atoms with van der Waals surface area (Å²) in [6.07, 6.45) is -2.92. The number of carbonyl (C=O) groups is 3. The van der Waals surface area contributed by atoms with Gasteiger partial charge in [0.1, 0.15) is 42.4 Å². The Hall–Kier alpha value is -2.86. The molecule has 0 aliphatic carbocycles. The second kappa shape index (κ2) is 26.0. The van der Waals surface area contributed by atoms with Crippen LogP contribution in [0.15, 0.2) is 24.8 Å². The average Bonchev–Trinajstić information content (AvgIpc) is 3.81. The number of phosphoric acid groups is 3. The van der Waals surface area contributed by atoms with Crippen molar-refractivity contribution in [1.29, 1.82) is 0 Å². The SMILES string of the molecule is C[C@@H]1O[C@@H](OCCCCCC/C=C/C(=O)SCCNC(=O)CCNC(=O)[C@H](O)C(C)(C)COP(=O)([O-])OP(=O)([O-])OC[C@H]2O[C@@H](n3cnc4c(N)ncnc43)[C@H](O)[C@@H]2OP(=O)([O-])[O-])[C@H](O)C[C@H]1O. The number of ether oxygens (including phenoxy) is 3. The van der Waals surface area contributed by atoms with Crippen molar-refractivity contribution in [3.8, 4) is 0 Å². The van der Waals surface area contributed by atoms with Gasteiger partial charge in [0.05, 0.1) is 39.6 Å². The lowest BCUT2D eigenvalue weighted by atomic mass is 9.87. The molecule has 2 aromatic heterocycles. The van der Waals surface area contributed by atoms with Gasteiger partial charge in [0.15, 0.2) is 24.0 Å². The van der Waals surface area contributed by atoms with Gasteiger partial charge in [0.2, 0.25) is 16.9 Å². The maximum Gasteiger partial charge on any atom is 0.274 e. The van der Waals surface area contributed by atoms with E-state index < -0.39 is 109 Å². The minimum Gasteiger partial charge on any atom is -0.790 e. The molecule has 32 heteroatoms. The van der Waals surface area contributed by atoms with Crippen LogP contribution in [-0.4, -0.2) is 145 Å². The summed E-state index contributed by atoms with van der Waals surface area (Å²) < 4.78 is 71.8. The van der Waals surface area contributed by atoms with E-state index in [1.807, 2.05) is 0 Å². The highest BCUT2D eigenvalue weighted by Crippen LogP contribution is 2.56. The number of nitrogen functional groups attached to an aromatic ring is 1. The van der Waals surface area contributed by atoms with E-state index in [1.54, 1.807) is 13.0 Å². The molecule has 2 unspecified atom stereocenters. The number of hydrogen-bond donors (Lipinski definition) is 7. The zero-order valence-electron chi connectivity index (χ0n) is 37.0. The Balaban J connectivity index is 1.09. The number of unbranched alkanes of at least 4 members (excludes halogenated alkanes) is 4. The smallest absolute Gasteiger partial charge is 0.274 e. The standard InChI is InChI=1S/C36H60N7O21P3S/c1-21-22(44)16-23(45)35(61-21)58-14-9-7-5-4-6-8-10-26(47)68-15-13-38-25(46)11-12-39-33(50)30(49)36(2,3)18-60-67(56,57)64-66(54,55)59-17-24-29(63-65(51,52)53)28(48)34(62-24)43-20-42-27-31(37)40-19-41-32(27)43/h8,10,19-24,28-30,34-35,44-45,48-49H,4-7,9,11-18H2,1-3H3,(H,38,46)(H,39,50)(H,54,55)(H,56,57)(H2,37,40,41)(H2,51,52,53)/p-4/b10-8+/t21-,22+,23+,24+,28+,29+,30-,34+,35+/m0/s1. The van der Waals surface area contributed by atoms with Crippen molar-refractivity contribution in [2.24, 2.45) is 5.41 Å². The van der Waals surface area contributed by atoms with Gasteiger partial charge in [-0.05, 0) is 32.3 Å². The van der Waals surface area contributed by atoms with Crippen molar-refractivity contribution in [2.75, 3.05) is 44.4 Å². The first-order chi connectivity index (χ1) is 31.8. The number of carbonyl (C=O) groups excluding carboxylic acids is 3. The number of nitrogens with zero attached hydrogens (tertiary/aromatic N) is 4. The van der Waals surface area contributed by atoms with E-state index >= 15 is 0 Å². The van der Waals surface area contributed by atoms with Crippen molar-refractivity contribution in [3.63, 3.8) is 0 Å². The van der Waals surface area contributed by atoms with Gasteiger partial charge in [-0.25, -0.2) is 19.3 Å². The van der Waals surface area contributed by atoms with Crippen LogP contribution in [0, 0.1) is 5.41 Å². The number of aliphatic hydroxyl groups is 4. The van der Waals surface area contributed by atoms with E-state index in [0.717, 1.165) is 54.7 Å². The minimum atomic E-state index is -5.94. The van der Waals surface area contributed by atoms with Crippen LogP contribution in [0.1, 0.15) is 71.9 Å². The predicted octanol–water partition coefficient (Wildman–Crippen LogP) is -2.48. The highest BCUT2D eigenvalue weighted by Gasteiger charge is 2.47. The van der Waals surface area contributed by atoms with Gasteiger partial charge in [-0.15, -0.1) is 0 Å². The van der Waals surface area contributed by atoms with Gasteiger partial charge < -0.3 is 88.7 Å². The van der Waals surface area contributed by atoms with Gasteiger partial charge in [0.25, 0.3) is 15.6 Å². The topological polar surface area (TPSA) is 434 Å². The molecule has 4 heterocycles. The zero-order chi connectivity index (χ0) is 50.5. The summed E-state index contributed by atoms with van der Waals surface area (Å²) >= 11 is 0.996. The van der Waals surface area contributed by atoms with E-state index in [4.69, 9.17) is 19.9 Å². The number of anilines is 1. The molecule has 0 bridgehead atoms. The summed E-state index contributed by atoms with van der Waals surface area (Å²) in [4.78, 5) is 96.7. The van der Waals surface area contributed by atoms with E-state index in [0.29, 0.717) is 13.0 Å². The third-order valence-electron chi connectivity index (χ3n) is 10.2. The normalized spacial score (nSPS) is 25.8. The van der Waals surface area contributed by atoms with Gasteiger partial charge in [0, 0.05) is 43.7 Å². The number of amides is 2. The number of phosphoric ester groups is 3. The van der Waals surface area contributed by atoms with Crippen molar-refractivity contribution >= 4 is 69.1 Å². The second-order valence-corrected chi connectivity index (χ2v) is 21.4. The first kappa shape index (κ1) is 57.7. The van der Waals surface area contributed by atoms with Crippen LogP contribution in [0.3, 0.4) is 0 Å². The fraction of sp³-hybridized carbons (Fsp3) is 0.722. The lowest BCUT2D eigenvalue weighted by molar-refractivity contribution is -0.347. The molecule has 2 amide bonds. The Bertz CT molecular complexity index is 2170. The molecular formula is C36H56N7O21P3S-4. The largest absolute Gasteiger partial charge is 0.790 e. The van der Waals surface area contributed by atoms with E-state index in [9.17, 15) is 68.1 Å². The lowest BCUT2D eigenvalue weighted by Crippen LogP contribution is -2.47. The highest BCUT2D eigenvalue weighted by molar-refractivity contribution is 8.14. The Morgan fingerprint density at radius 3 is 2.43 bits per heavy atom. The molecule has 0 saturated carbocycles. The zero-order valence-corrected chi connectivity index (χ0v) is 40.5. The summed E-state index contributed by atoms with van der Waals surface area (Å²) in [6, 6.07) is 0. The summed E-state index contributed by atoms with van der Waals surface area (Å²) in [5.74, 6) is -1.33. The molecule has 2 aromatic rings. The number of nitrogens with one attached hydrogen (secondary N) is 2. The molecule has 2 fully saturated rings. The Morgan fingerprint density at radius 2 is 1.71 bits per heavy atom. The third kappa shape index (κ3) is 18.4. The van der Waals surface area contributed by atoms with Crippen LogP contribution in [0.4, 0.5) is 5.82 Å². The van der Waals surface area contributed by atoms with Crippen molar-refractivity contribution in [3.05, 3.63) is 24.8 Å². The summed E-state index contributed by atoms with van der Waals surface area (Å²) in [7, 11) is -17.7. The molecule has 2 saturated heterocycles. The molecule has 2 aliphatic rings. The number of allylic oxidation sites excluding steroid dienone is 1. The fourth-order valence-corrected chi connectivity index (χ4v) is 9.83. The van der Waals surface area contributed by atoms with Gasteiger partial charge >= 0.3 is 0 Å². The van der Waals surface area contributed by atoms with Crippen molar-refractivity contribution in [2.45, 2.75) is 121 Å². The number of thioether (sulfide) groups is 1. The van der Waals surface area contributed by atoms with Crippen LogP contribution in [-0.2, 0) is 60.2 Å². The third-order valence-corrected chi connectivity index (χ3v) is 14.1. The Kier molecular flexibility index (Phi) is 22.1. The van der Waals surface area contributed by atoms with Crippen LogP contribution in [0.2, 0.25) is 0 Å². The summed E-state index contributed by atoms with van der Waals surface area (Å²) in [5, 5.41) is 45.8. The molecule has 11 atom stereocenters. The molecule has 0 spiro atoms. The number of aliphatic hydroxyl groups excluding tert-OH is 4. The fourth-order valence-electron chi connectivity index (χ4n) is 6.50. The predicted molar refractivity (Wildman–Crippen MR) is 227 cm³/mol. The molecule has 0 radical (unpaired) electrons. The first-order valence-electron chi connectivity index (χ1n) is 21.1.